The number of rotatable bonds is 3. The normalized spacial score (nSPS) is 11.3. The highest BCUT2D eigenvalue weighted by atomic mass is 79.9. The third-order valence-corrected chi connectivity index (χ3v) is 4.30. The monoisotopic (exact) mass is 341 g/mol. The highest BCUT2D eigenvalue weighted by molar-refractivity contribution is 9.10. The predicted octanol–water partition coefficient (Wildman–Crippen LogP) is 2.54. The lowest BCUT2D eigenvalue weighted by Crippen LogP contribution is -2.15. The van der Waals surface area contributed by atoms with Crippen molar-refractivity contribution in [2.24, 2.45) is 0 Å². The summed E-state index contributed by atoms with van der Waals surface area (Å²) in [6.45, 7) is 1.78. The quantitative estimate of drug-likeness (QED) is 0.840. The Hall–Kier alpha value is -1.60. The molecule has 0 aliphatic rings. The molecule has 0 unspecified atom stereocenters. The molecule has 1 aromatic carbocycles. The van der Waals surface area contributed by atoms with Gasteiger partial charge in [0.15, 0.2) is 0 Å². The van der Waals surface area contributed by atoms with E-state index in [4.69, 9.17) is 5.73 Å². The van der Waals surface area contributed by atoms with Crippen LogP contribution in [0.4, 0.5) is 11.4 Å². The number of benzene rings is 1. The van der Waals surface area contributed by atoms with Crippen molar-refractivity contribution in [3.05, 3.63) is 46.7 Å². The maximum absolute atomic E-state index is 12.2. The molecule has 0 bridgehead atoms. The molecule has 0 spiro atoms. The number of pyridine rings is 1. The van der Waals surface area contributed by atoms with Crippen LogP contribution in [-0.2, 0) is 10.0 Å². The van der Waals surface area contributed by atoms with Crippen LogP contribution in [0.5, 0.6) is 0 Å². The van der Waals surface area contributed by atoms with Crippen LogP contribution in [0.1, 0.15) is 5.56 Å². The van der Waals surface area contributed by atoms with Crippen molar-refractivity contribution >= 4 is 37.3 Å². The smallest absolute Gasteiger partial charge is 0.263 e. The van der Waals surface area contributed by atoms with Crippen molar-refractivity contribution < 1.29 is 8.42 Å². The summed E-state index contributed by atoms with van der Waals surface area (Å²) in [4.78, 5) is 3.89. The van der Waals surface area contributed by atoms with Crippen molar-refractivity contribution in [1.82, 2.24) is 4.98 Å². The molecule has 1 aromatic heterocycles. The van der Waals surface area contributed by atoms with Crippen LogP contribution >= 0.6 is 15.9 Å². The van der Waals surface area contributed by atoms with Crippen LogP contribution in [0.2, 0.25) is 0 Å². The van der Waals surface area contributed by atoms with Gasteiger partial charge < -0.3 is 5.73 Å². The summed E-state index contributed by atoms with van der Waals surface area (Å²) < 4.78 is 27.6. The average Bonchev–Trinajstić information content (AvgIpc) is 2.35. The highest BCUT2D eigenvalue weighted by Crippen LogP contribution is 2.29. The lowest BCUT2D eigenvalue weighted by atomic mass is 10.2. The van der Waals surface area contributed by atoms with Gasteiger partial charge in [0, 0.05) is 16.9 Å². The predicted molar refractivity (Wildman–Crippen MR) is 78.3 cm³/mol. The molecular weight excluding hydrogens is 330 g/mol. The number of nitrogens with zero attached hydrogens (tertiary/aromatic N) is 1. The Kier molecular flexibility index (Phi) is 3.77. The number of nitrogen functional groups attached to an aromatic ring is 1. The van der Waals surface area contributed by atoms with E-state index in [-0.39, 0.29) is 4.90 Å². The third kappa shape index (κ3) is 3.05. The zero-order valence-corrected chi connectivity index (χ0v) is 12.5. The van der Waals surface area contributed by atoms with Crippen molar-refractivity contribution in [3.8, 4) is 0 Å². The SMILES string of the molecule is Cc1cc(Br)cc(N)c1NS(=O)(=O)c1cccnc1. The molecule has 2 aromatic rings. The van der Waals surface area contributed by atoms with Gasteiger partial charge in [-0.2, -0.15) is 0 Å². The van der Waals surface area contributed by atoms with Crippen molar-refractivity contribution in [2.75, 3.05) is 10.5 Å². The summed E-state index contributed by atoms with van der Waals surface area (Å²) >= 11 is 3.30. The van der Waals surface area contributed by atoms with Crippen molar-refractivity contribution in [1.29, 1.82) is 0 Å². The molecule has 0 saturated carbocycles. The van der Waals surface area contributed by atoms with Gasteiger partial charge in [-0.3, -0.25) is 9.71 Å². The van der Waals surface area contributed by atoms with Crippen molar-refractivity contribution in [3.63, 3.8) is 0 Å². The molecule has 0 saturated heterocycles. The zero-order chi connectivity index (χ0) is 14.0. The maximum Gasteiger partial charge on any atom is 0.263 e. The number of anilines is 2. The Bertz CT molecular complexity index is 679. The first-order valence-electron chi connectivity index (χ1n) is 5.38. The van der Waals surface area contributed by atoms with E-state index in [9.17, 15) is 8.42 Å². The topological polar surface area (TPSA) is 85.1 Å². The van der Waals surface area contributed by atoms with Crippen LogP contribution in [0.15, 0.2) is 46.0 Å². The molecular formula is C12H12BrN3O2S. The van der Waals surface area contributed by atoms with E-state index in [1.165, 1.54) is 18.5 Å². The lowest BCUT2D eigenvalue weighted by Gasteiger charge is -2.13. The zero-order valence-electron chi connectivity index (χ0n) is 10.1. The fourth-order valence-electron chi connectivity index (χ4n) is 1.61. The van der Waals surface area contributed by atoms with Crippen LogP contribution in [-0.4, -0.2) is 13.4 Å². The molecule has 0 amide bonds. The molecule has 0 aliphatic heterocycles. The Labute approximate surface area is 120 Å². The van der Waals surface area contributed by atoms with E-state index in [1.807, 2.05) is 0 Å². The van der Waals surface area contributed by atoms with Crippen LogP contribution in [0.25, 0.3) is 0 Å². The van der Waals surface area contributed by atoms with Gasteiger partial charge in [0.1, 0.15) is 4.90 Å². The fourth-order valence-corrected chi connectivity index (χ4v) is 3.32. The molecule has 3 N–H and O–H groups in total. The Balaban J connectivity index is 2.42. The van der Waals surface area contributed by atoms with E-state index >= 15 is 0 Å². The van der Waals surface area contributed by atoms with Gasteiger partial charge in [-0.25, -0.2) is 8.42 Å². The van der Waals surface area contributed by atoms with Gasteiger partial charge in [-0.15, -0.1) is 0 Å². The number of hydrogen-bond donors (Lipinski definition) is 2. The molecule has 7 heteroatoms. The minimum Gasteiger partial charge on any atom is -0.397 e. The Morgan fingerprint density at radius 1 is 1.37 bits per heavy atom. The summed E-state index contributed by atoms with van der Waals surface area (Å²) in [5, 5.41) is 0. The van der Waals surface area contributed by atoms with E-state index in [0.29, 0.717) is 11.4 Å². The summed E-state index contributed by atoms with van der Waals surface area (Å²) in [5.41, 5.74) is 7.31. The largest absolute Gasteiger partial charge is 0.397 e. The second kappa shape index (κ2) is 5.18. The van der Waals surface area contributed by atoms with Gasteiger partial charge in [-0.1, -0.05) is 15.9 Å². The second-order valence-corrected chi connectivity index (χ2v) is 6.58. The number of sulfonamides is 1. The molecule has 0 radical (unpaired) electrons. The van der Waals surface area contributed by atoms with Crippen molar-refractivity contribution in [2.45, 2.75) is 11.8 Å². The molecule has 19 heavy (non-hydrogen) atoms. The molecule has 100 valence electrons. The minimum absolute atomic E-state index is 0.0942. The molecule has 0 aliphatic carbocycles. The van der Waals surface area contributed by atoms with Gasteiger partial charge in [0.25, 0.3) is 10.0 Å². The van der Waals surface area contributed by atoms with E-state index in [1.54, 1.807) is 25.1 Å². The first-order chi connectivity index (χ1) is 8.90. The van der Waals surface area contributed by atoms with E-state index in [0.717, 1.165) is 10.0 Å². The second-order valence-electron chi connectivity index (χ2n) is 3.98. The molecule has 2 rings (SSSR count). The standard InChI is InChI=1S/C12H12BrN3O2S/c1-8-5-9(13)6-11(14)12(8)16-19(17,18)10-3-2-4-15-7-10/h2-7,16H,14H2,1H3. The number of nitrogens with two attached hydrogens (primary N) is 1. The van der Waals surface area contributed by atoms with Crippen LogP contribution < -0.4 is 10.5 Å². The van der Waals surface area contributed by atoms with Gasteiger partial charge in [0.05, 0.1) is 11.4 Å². The Morgan fingerprint density at radius 2 is 2.11 bits per heavy atom. The number of nitrogens with one attached hydrogen (secondary N) is 1. The van der Waals surface area contributed by atoms with Gasteiger partial charge in [0.2, 0.25) is 0 Å². The van der Waals surface area contributed by atoms with Gasteiger partial charge in [-0.05, 0) is 36.8 Å². The molecule has 0 atom stereocenters. The lowest BCUT2D eigenvalue weighted by molar-refractivity contribution is 0.601. The molecule has 1 heterocycles. The number of aryl methyl sites for hydroxylation is 1. The third-order valence-electron chi connectivity index (χ3n) is 2.51. The first-order valence-corrected chi connectivity index (χ1v) is 7.66. The highest BCUT2D eigenvalue weighted by Gasteiger charge is 2.17. The molecule has 0 fully saturated rings. The number of aromatic nitrogens is 1. The number of hydrogen-bond acceptors (Lipinski definition) is 4. The van der Waals surface area contributed by atoms with Gasteiger partial charge >= 0.3 is 0 Å². The van der Waals surface area contributed by atoms with Crippen LogP contribution in [0, 0.1) is 6.92 Å². The van der Waals surface area contributed by atoms with E-state index in [2.05, 4.69) is 25.6 Å². The molecule has 5 nitrogen and oxygen atoms in total. The first kappa shape index (κ1) is 13.8. The van der Waals surface area contributed by atoms with E-state index < -0.39 is 10.0 Å². The summed E-state index contributed by atoms with van der Waals surface area (Å²) in [6.07, 6.45) is 2.80. The number of halogens is 1. The maximum atomic E-state index is 12.2. The fraction of sp³-hybridized carbons (Fsp3) is 0.0833. The summed E-state index contributed by atoms with van der Waals surface area (Å²) in [7, 11) is -3.68. The van der Waals surface area contributed by atoms with Crippen LogP contribution in [0.3, 0.4) is 0 Å². The average molecular weight is 342 g/mol. The Morgan fingerprint density at radius 3 is 2.68 bits per heavy atom. The summed E-state index contributed by atoms with van der Waals surface area (Å²) in [5.74, 6) is 0. The summed E-state index contributed by atoms with van der Waals surface area (Å²) in [6, 6.07) is 6.47. The minimum atomic E-state index is -3.68.